The minimum absolute atomic E-state index is 0.180. The monoisotopic (exact) mass is 377 g/mol. The van der Waals surface area contributed by atoms with Crippen molar-refractivity contribution in [1.29, 1.82) is 0 Å². The molecule has 1 fully saturated rings. The van der Waals surface area contributed by atoms with E-state index in [4.69, 9.17) is 0 Å². The molecular weight excluding hydrogens is 352 g/mol. The Morgan fingerprint density at radius 3 is 2.67 bits per heavy atom. The number of nitrogens with one attached hydrogen (secondary N) is 1. The first-order chi connectivity index (χ1) is 12.8. The summed E-state index contributed by atoms with van der Waals surface area (Å²) in [5.74, 6) is -2.62. The van der Waals surface area contributed by atoms with Gasteiger partial charge in [-0.2, -0.15) is 5.10 Å². The Labute approximate surface area is 157 Å². The normalized spacial score (nSPS) is 19.8. The van der Waals surface area contributed by atoms with E-state index in [1.165, 1.54) is 10.9 Å². The van der Waals surface area contributed by atoms with E-state index in [1.807, 2.05) is 25.1 Å². The predicted octanol–water partition coefficient (Wildman–Crippen LogP) is 2.84. The number of aromatic nitrogens is 2. The molecule has 6 nitrogen and oxygen atoms in total. The van der Waals surface area contributed by atoms with E-state index in [9.17, 15) is 13.6 Å². The molecule has 1 aromatic carbocycles. The number of anilines is 2. The summed E-state index contributed by atoms with van der Waals surface area (Å²) < 4.78 is 30.6. The van der Waals surface area contributed by atoms with E-state index in [-0.39, 0.29) is 18.4 Å². The fourth-order valence-corrected chi connectivity index (χ4v) is 3.47. The van der Waals surface area contributed by atoms with Crippen LogP contribution in [-0.2, 0) is 7.05 Å². The van der Waals surface area contributed by atoms with Crippen LogP contribution < -0.4 is 10.2 Å². The van der Waals surface area contributed by atoms with Crippen LogP contribution in [-0.4, -0.2) is 59.7 Å². The third-order valence-corrected chi connectivity index (χ3v) is 4.91. The number of carbonyl (C=O) groups excluding carboxylic acids is 1. The SMILES string of the molecule is CN(C)[C@H]1CCN(c2c(NC(=O)c3ccccc3)cnn2C)CC(F)(F)C1. The van der Waals surface area contributed by atoms with Gasteiger partial charge in [-0.15, -0.1) is 0 Å². The molecule has 1 N–H and O–H groups in total. The molecule has 1 atom stereocenters. The highest BCUT2D eigenvalue weighted by atomic mass is 19.3. The van der Waals surface area contributed by atoms with Gasteiger partial charge in [0.1, 0.15) is 5.69 Å². The summed E-state index contributed by atoms with van der Waals surface area (Å²) in [6.45, 7) is 0.0667. The minimum atomic E-state index is -2.82. The maximum Gasteiger partial charge on any atom is 0.266 e. The molecule has 1 aliphatic heterocycles. The van der Waals surface area contributed by atoms with Crippen LogP contribution in [0.15, 0.2) is 36.5 Å². The highest BCUT2D eigenvalue weighted by molar-refractivity contribution is 6.05. The van der Waals surface area contributed by atoms with Gasteiger partial charge in [-0.3, -0.25) is 9.48 Å². The van der Waals surface area contributed by atoms with E-state index in [0.717, 1.165) is 0 Å². The molecule has 0 radical (unpaired) electrons. The van der Waals surface area contributed by atoms with Gasteiger partial charge in [-0.05, 0) is 32.6 Å². The molecular formula is C19H25F2N5O. The Balaban J connectivity index is 1.84. The van der Waals surface area contributed by atoms with Crippen molar-refractivity contribution in [2.45, 2.75) is 24.8 Å². The Hall–Kier alpha value is -2.48. The average Bonchev–Trinajstić information content (AvgIpc) is 2.88. The second-order valence-electron chi connectivity index (χ2n) is 7.21. The number of alkyl halides is 2. The third kappa shape index (κ3) is 4.44. The first-order valence-corrected chi connectivity index (χ1v) is 8.94. The first-order valence-electron chi connectivity index (χ1n) is 8.94. The maximum atomic E-state index is 14.5. The lowest BCUT2D eigenvalue weighted by Crippen LogP contribution is -2.38. The number of carbonyl (C=O) groups is 1. The minimum Gasteiger partial charge on any atom is -0.349 e. The Morgan fingerprint density at radius 1 is 1.30 bits per heavy atom. The number of nitrogens with zero attached hydrogens (tertiary/aromatic N) is 4. The van der Waals surface area contributed by atoms with Crippen LogP contribution in [0.3, 0.4) is 0 Å². The van der Waals surface area contributed by atoms with Crippen molar-refractivity contribution in [3.63, 3.8) is 0 Å². The van der Waals surface area contributed by atoms with Crippen LogP contribution >= 0.6 is 0 Å². The lowest BCUT2D eigenvalue weighted by molar-refractivity contribution is -0.0137. The van der Waals surface area contributed by atoms with E-state index >= 15 is 0 Å². The molecule has 1 amide bonds. The van der Waals surface area contributed by atoms with Crippen molar-refractivity contribution in [2.75, 3.05) is 37.4 Å². The summed E-state index contributed by atoms with van der Waals surface area (Å²) in [5.41, 5.74) is 0.937. The summed E-state index contributed by atoms with van der Waals surface area (Å²) in [6.07, 6.45) is 1.93. The van der Waals surface area contributed by atoms with Crippen molar-refractivity contribution in [1.82, 2.24) is 14.7 Å². The highest BCUT2D eigenvalue weighted by Crippen LogP contribution is 2.34. The van der Waals surface area contributed by atoms with Gasteiger partial charge < -0.3 is 15.1 Å². The van der Waals surface area contributed by atoms with E-state index < -0.39 is 12.5 Å². The standard InChI is InChI=1S/C19H25F2N5O/c1-24(2)15-9-10-26(13-19(20,21)11-15)18-16(12-22-25(18)3)23-17(27)14-7-5-4-6-8-14/h4-8,12,15H,9-11,13H2,1-3H3,(H,23,27)/t15-/m0/s1. The number of rotatable bonds is 4. The van der Waals surface area contributed by atoms with Crippen molar-refractivity contribution in [3.8, 4) is 0 Å². The lowest BCUT2D eigenvalue weighted by atomic mass is 10.1. The molecule has 1 aliphatic rings. The Morgan fingerprint density at radius 2 is 2.00 bits per heavy atom. The summed E-state index contributed by atoms with van der Waals surface area (Å²) in [5, 5.41) is 6.98. The van der Waals surface area contributed by atoms with E-state index in [1.54, 1.807) is 36.2 Å². The number of amides is 1. The molecule has 0 spiro atoms. The quantitative estimate of drug-likeness (QED) is 0.890. The summed E-state index contributed by atoms with van der Waals surface area (Å²) in [4.78, 5) is 15.9. The fourth-order valence-electron chi connectivity index (χ4n) is 3.47. The first kappa shape index (κ1) is 19.3. The molecule has 3 rings (SSSR count). The summed E-state index contributed by atoms with van der Waals surface area (Å²) >= 11 is 0. The zero-order chi connectivity index (χ0) is 19.6. The van der Waals surface area contributed by atoms with Crippen molar-refractivity contribution >= 4 is 17.4 Å². The second-order valence-corrected chi connectivity index (χ2v) is 7.21. The van der Waals surface area contributed by atoms with Crippen LogP contribution in [0.25, 0.3) is 0 Å². The molecule has 2 aromatic rings. The van der Waals surface area contributed by atoms with Gasteiger partial charge in [-0.1, -0.05) is 18.2 Å². The van der Waals surface area contributed by atoms with Gasteiger partial charge in [0.05, 0.1) is 12.7 Å². The van der Waals surface area contributed by atoms with Gasteiger partial charge in [0.2, 0.25) is 0 Å². The molecule has 0 bridgehead atoms. The topological polar surface area (TPSA) is 53.4 Å². The Kier molecular flexibility index (Phi) is 5.46. The second kappa shape index (κ2) is 7.64. The third-order valence-electron chi connectivity index (χ3n) is 4.91. The van der Waals surface area contributed by atoms with Gasteiger partial charge in [0.25, 0.3) is 11.8 Å². The largest absolute Gasteiger partial charge is 0.349 e. The Bertz CT molecular complexity index is 791. The van der Waals surface area contributed by atoms with E-state index in [2.05, 4.69) is 10.4 Å². The smallest absolute Gasteiger partial charge is 0.266 e. The molecule has 0 unspecified atom stereocenters. The van der Waals surface area contributed by atoms with Crippen LogP contribution in [0.1, 0.15) is 23.2 Å². The predicted molar refractivity (Wildman–Crippen MR) is 101 cm³/mol. The number of aryl methyl sites for hydroxylation is 1. The zero-order valence-corrected chi connectivity index (χ0v) is 15.8. The highest BCUT2D eigenvalue weighted by Gasteiger charge is 2.39. The maximum absolute atomic E-state index is 14.5. The molecule has 0 aliphatic carbocycles. The average molecular weight is 377 g/mol. The van der Waals surface area contributed by atoms with Crippen LogP contribution in [0.4, 0.5) is 20.3 Å². The molecule has 27 heavy (non-hydrogen) atoms. The van der Waals surface area contributed by atoms with Crippen molar-refractivity contribution in [3.05, 3.63) is 42.1 Å². The number of benzene rings is 1. The van der Waals surface area contributed by atoms with Crippen LogP contribution in [0, 0.1) is 0 Å². The summed E-state index contributed by atoms with van der Waals surface area (Å²) in [6, 6.07) is 8.58. The van der Waals surface area contributed by atoms with Gasteiger partial charge in [0.15, 0.2) is 5.82 Å². The van der Waals surface area contributed by atoms with Crippen LogP contribution in [0.2, 0.25) is 0 Å². The molecule has 2 heterocycles. The number of hydrogen-bond donors (Lipinski definition) is 1. The zero-order valence-electron chi connectivity index (χ0n) is 15.8. The van der Waals surface area contributed by atoms with Gasteiger partial charge in [-0.25, -0.2) is 8.78 Å². The number of halogens is 2. The molecule has 146 valence electrons. The molecule has 8 heteroatoms. The van der Waals surface area contributed by atoms with Gasteiger partial charge in [0, 0.05) is 31.6 Å². The van der Waals surface area contributed by atoms with Crippen molar-refractivity contribution < 1.29 is 13.6 Å². The fraction of sp³-hybridized carbons (Fsp3) is 0.474. The molecule has 0 saturated carbocycles. The number of hydrogen-bond acceptors (Lipinski definition) is 4. The van der Waals surface area contributed by atoms with Gasteiger partial charge >= 0.3 is 0 Å². The molecule has 1 saturated heterocycles. The van der Waals surface area contributed by atoms with E-state index in [0.29, 0.717) is 30.0 Å². The van der Waals surface area contributed by atoms with Crippen LogP contribution in [0.5, 0.6) is 0 Å². The van der Waals surface area contributed by atoms with Crippen molar-refractivity contribution in [2.24, 2.45) is 7.05 Å². The molecule has 1 aromatic heterocycles. The lowest BCUT2D eigenvalue weighted by Gasteiger charge is -2.27. The summed E-state index contributed by atoms with van der Waals surface area (Å²) in [7, 11) is 5.35.